The first kappa shape index (κ1) is 14.6. The largest absolute Gasteiger partial charge is 0.334 e. The van der Waals surface area contributed by atoms with Gasteiger partial charge in [0.1, 0.15) is 5.82 Å². The number of urea groups is 1. The fraction of sp³-hybridized carbons (Fsp3) is 0.308. The summed E-state index contributed by atoms with van der Waals surface area (Å²) in [5.74, 6) is -2.30. The Kier molecular flexibility index (Phi) is 4.17. The van der Waals surface area contributed by atoms with E-state index in [2.05, 4.69) is 15.9 Å². The third-order valence-corrected chi connectivity index (χ3v) is 3.42. The fourth-order valence-electron chi connectivity index (χ4n) is 1.93. The van der Waals surface area contributed by atoms with E-state index in [1.807, 2.05) is 0 Å². The topological polar surface area (TPSA) is 57.7 Å². The lowest BCUT2D eigenvalue weighted by Gasteiger charge is -2.15. The average molecular weight is 343 g/mol. The second kappa shape index (κ2) is 5.70. The van der Waals surface area contributed by atoms with Crippen LogP contribution in [-0.4, -0.2) is 34.2 Å². The van der Waals surface area contributed by atoms with Crippen molar-refractivity contribution < 1.29 is 18.8 Å². The zero-order valence-electron chi connectivity index (χ0n) is 10.7. The molecule has 1 saturated heterocycles. The SMILES string of the molecule is CCCN1C(=O)C(=O)N(Cc2ccc(Br)cc2F)C1=O. The second-order valence-electron chi connectivity index (χ2n) is 4.37. The van der Waals surface area contributed by atoms with Crippen LogP contribution in [0, 0.1) is 5.82 Å². The Morgan fingerprint density at radius 3 is 2.40 bits per heavy atom. The number of halogens is 2. The monoisotopic (exact) mass is 342 g/mol. The predicted molar refractivity (Wildman–Crippen MR) is 72.1 cm³/mol. The Balaban J connectivity index is 2.23. The summed E-state index contributed by atoms with van der Waals surface area (Å²) >= 11 is 3.12. The van der Waals surface area contributed by atoms with Crippen LogP contribution in [-0.2, 0) is 16.1 Å². The van der Waals surface area contributed by atoms with Crippen LogP contribution in [0.1, 0.15) is 18.9 Å². The molecule has 1 fully saturated rings. The van der Waals surface area contributed by atoms with Gasteiger partial charge >= 0.3 is 17.8 Å². The van der Waals surface area contributed by atoms with Crippen molar-refractivity contribution in [2.75, 3.05) is 6.54 Å². The number of rotatable bonds is 4. The highest BCUT2D eigenvalue weighted by Gasteiger charge is 2.43. The highest BCUT2D eigenvalue weighted by Crippen LogP contribution is 2.20. The van der Waals surface area contributed by atoms with Gasteiger partial charge in [-0.15, -0.1) is 0 Å². The highest BCUT2D eigenvalue weighted by atomic mass is 79.9. The van der Waals surface area contributed by atoms with Crippen LogP contribution in [0.15, 0.2) is 22.7 Å². The van der Waals surface area contributed by atoms with E-state index in [0.29, 0.717) is 10.9 Å². The third-order valence-electron chi connectivity index (χ3n) is 2.93. The highest BCUT2D eigenvalue weighted by molar-refractivity contribution is 9.10. The maximum absolute atomic E-state index is 13.7. The first-order valence-corrected chi connectivity index (χ1v) is 6.86. The van der Waals surface area contributed by atoms with Gasteiger partial charge in [0.2, 0.25) is 0 Å². The summed E-state index contributed by atoms with van der Waals surface area (Å²) in [7, 11) is 0. The van der Waals surface area contributed by atoms with Gasteiger partial charge in [0, 0.05) is 16.6 Å². The molecule has 0 radical (unpaired) electrons. The third kappa shape index (κ3) is 2.58. The lowest BCUT2D eigenvalue weighted by molar-refractivity contribution is -0.143. The van der Waals surface area contributed by atoms with E-state index < -0.39 is 23.7 Å². The normalized spacial score (nSPS) is 15.4. The van der Waals surface area contributed by atoms with Crippen LogP contribution < -0.4 is 0 Å². The molecule has 0 bridgehead atoms. The average Bonchev–Trinajstić information content (AvgIpc) is 2.59. The quantitative estimate of drug-likeness (QED) is 0.623. The standard InChI is InChI=1S/C13H12BrFN2O3/c1-2-5-16-11(18)12(19)17(13(16)20)7-8-3-4-9(14)6-10(8)15/h3-4,6H,2,5,7H2,1H3. The number of hydrogen-bond donors (Lipinski definition) is 0. The molecule has 0 aromatic heterocycles. The van der Waals surface area contributed by atoms with Gasteiger partial charge in [-0.1, -0.05) is 28.9 Å². The van der Waals surface area contributed by atoms with Gasteiger partial charge in [0.15, 0.2) is 0 Å². The van der Waals surface area contributed by atoms with Gasteiger partial charge in [0.25, 0.3) is 0 Å². The van der Waals surface area contributed by atoms with Crippen LogP contribution in [0.3, 0.4) is 0 Å². The molecule has 0 N–H and O–H groups in total. The van der Waals surface area contributed by atoms with Crippen molar-refractivity contribution in [1.29, 1.82) is 0 Å². The molecule has 2 rings (SSSR count). The summed E-state index contributed by atoms with van der Waals surface area (Å²) in [5, 5.41) is 0. The number of carbonyl (C=O) groups excluding carboxylic acids is 3. The summed E-state index contributed by atoms with van der Waals surface area (Å²) in [5.41, 5.74) is 0.182. The minimum atomic E-state index is -0.911. The van der Waals surface area contributed by atoms with E-state index in [1.165, 1.54) is 12.1 Å². The second-order valence-corrected chi connectivity index (χ2v) is 5.28. The number of amides is 4. The molecule has 0 aliphatic carbocycles. The van der Waals surface area contributed by atoms with E-state index in [4.69, 9.17) is 0 Å². The van der Waals surface area contributed by atoms with E-state index in [-0.39, 0.29) is 18.7 Å². The Morgan fingerprint density at radius 2 is 1.80 bits per heavy atom. The summed E-state index contributed by atoms with van der Waals surface area (Å²) in [4.78, 5) is 37.1. The number of imide groups is 2. The molecule has 5 nitrogen and oxygen atoms in total. The Morgan fingerprint density at radius 1 is 1.15 bits per heavy atom. The van der Waals surface area contributed by atoms with Gasteiger partial charge in [-0.2, -0.15) is 0 Å². The maximum atomic E-state index is 13.7. The molecule has 0 atom stereocenters. The van der Waals surface area contributed by atoms with Crippen LogP contribution in [0.5, 0.6) is 0 Å². The summed E-state index contributed by atoms with van der Waals surface area (Å²) in [6.45, 7) is 1.73. The maximum Gasteiger partial charge on any atom is 0.334 e. The lowest BCUT2D eigenvalue weighted by Crippen LogP contribution is -2.33. The van der Waals surface area contributed by atoms with E-state index >= 15 is 0 Å². The Hall–Kier alpha value is -1.76. The molecule has 106 valence electrons. The first-order valence-electron chi connectivity index (χ1n) is 6.07. The summed E-state index contributed by atoms with van der Waals surface area (Å²) in [6.07, 6.45) is 0.561. The van der Waals surface area contributed by atoms with E-state index in [1.54, 1.807) is 13.0 Å². The van der Waals surface area contributed by atoms with Crippen molar-refractivity contribution in [3.05, 3.63) is 34.1 Å². The van der Waals surface area contributed by atoms with Gasteiger partial charge in [0.05, 0.1) is 6.54 Å². The minimum Gasteiger partial charge on any atom is -0.263 e. The molecule has 1 heterocycles. The molecule has 1 aromatic rings. The Bertz CT molecular complexity index is 591. The molecule has 20 heavy (non-hydrogen) atoms. The number of nitrogens with zero attached hydrogens (tertiary/aromatic N) is 2. The van der Waals surface area contributed by atoms with E-state index in [0.717, 1.165) is 9.80 Å². The van der Waals surface area contributed by atoms with Crippen molar-refractivity contribution >= 4 is 33.8 Å². The summed E-state index contributed by atoms with van der Waals surface area (Å²) in [6, 6.07) is 3.62. The fourth-order valence-corrected chi connectivity index (χ4v) is 2.26. The molecule has 7 heteroatoms. The smallest absolute Gasteiger partial charge is 0.263 e. The molecule has 4 amide bonds. The molecule has 0 unspecified atom stereocenters. The van der Waals surface area contributed by atoms with Crippen molar-refractivity contribution in [2.45, 2.75) is 19.9 Å². The zero-order chi connectivity index (χ0) is 14.9. The zero-order valence-corrected chi connectivity index (χ0v) is 12.3. The van der Waals surface area contributed by atoms with Crippen molar-refractivity contribution in [3.63, 3.8) is 0 Å². The van der Waals surface area contributed by atoms with Crippen molar-refractivity contribution in [3.8, 4) is 0 Å². The van der Waals surface area contributed by atoms with Crippen LogP contribution in [0.25, 0.3) is 0 Å². The van der Waals surface area contributed by atoms with E-state index in [9.17, 15) is 18.8 Å². The number of benzene rings is 1. The lowest BCUT2D eigenvalue weighted by atomic mass is 10.2. The molecule has 0 saturated carbocycles. The minimum absolute atomic E-state index is 0.182. The van der Waals surface area contributed by atoms with Gasteiger partial charge in [-0.25, -0.2) is 9.18 Å². The van der Waals surface area contributed by atoms with Crippen molar-refractivity contribution in [2.24, 2.45) is 0 Å². The van der Waals surface area contributed by atoms with Crippen LogP contribution >= 0.6 is 15.9 Å². The number of carbonyl (C=O) groups is 3. The first-order chi connectivity index (χ1) is 9.45. The molecular weight excluding hydrogens is 331 g/mol. The molecule has 1 aromatic carbocycles. The number of hydrogen-bond acceptors (Lipinski definition) is 3. The van der Waals surface area contributed by atoms with Gasteiger partial charge in [-0.05, 0) is 18.6 Å². The Labute approximate surface area is 123 Å². The van der Waals surface area contributed by atoms with Crippen LogP contribution in [0.2, 0.25) is 0 Å². The molecule has 0 spiro atoms. The molecule has 1 aliphatic rings. The molecule has 1 aliphatic heterocycles. The van der Waals surface area contributed by atoms with Crippen molar-refractivity contribution in [1.82, 2.24) is 9.80 Å². The predicted octanol–water partition coefficient (Wildman–Crippen LogP) is 2.29. The summed E-state index contributed by atoms with van der Waals surface area (Å²) < 4.78 is 14.3. The molecular formula is C13H12BrFN2O3. The van der Waals surface area contributed by atoms with Gasteiger partial charge in [-0.3, -0.25) is 19.4 Å². The van der Waals surface area contributed by atoms with Gasteiger partial charge < -0.3 is 0 Å². The van der Waals surface area contributed by atoms with Crippen LogP contribution in [0.4, 0.5) is 9.18 Å².